The van der Waals surface area contributed by atoms with E-state index in [9.17, 15) is 13.2 Å². The molecule has 1 fully saturated rings. The summed E-state index contributed by atoms with van der Waals surface area (Å²) in [6.45, 7) is 15.5. The predicted molar refractivity (Wildman–Crippen MR) is 99.3 cm³/mol. The van der Waals surface area contributed by atoms with E-state index >= 15 is 0 Å². The highest BCUT2D eigenvalue weighted by Gasteiger charge is 2.59. The van der Waals surface area contributed by atoms with Gasteiger partial charge in [-0.1, -0.05) is 33.4 Å². The molecule has 0 aromatic rings. The second-order valence-corrected chi connectivity index (χ2v) is 11.8. The van der Waals surface area contributed by atoms with Crippen LogP contribution < -0.4 is 0 Å². The Labute approximate surface area is 153 Å². The minimum absolute atomic E-state index is 0.0366. The van der Waals surface area contributed by atoms with Crippen molar-refractivity contribution in [2.24, 2.45) is 11.3 Å². The Bertz CT molecular complexity index is 600. The lowest BCUT2D eigenvalue weighted by molar-refractivity contribution is -0.0944. The monoisotopic (exact) mass is 393 g/mol. The molecule has 1 amide bonds. The van der Waals surface area contributed by atoms with Crippen LogP contribution in [0, 0.1) is 11.3 Å². The van der Waals surface area contributed by atoms with Gasteiger partial charge in [-0.15, -0.1) is 0 Å². The number of hydrogen-bond acceptors (Lipinski definition) is 6. The van der Waals surface area contributed by atoms with Gasteiger partial charge in [-0.3, -0.25) is 4.90 Å². The first-order valence-corrected chi connectivity index (χ1v) is 12.9. The normalized spacial score (nSPS) is 27.6. The lowest BCUT2D eigenvalue weighted by Crippen LogP contribution is -2.55. The molecule has 1 heterocycles. The van der Waals surface area contributed by atoms with E-state index in [1.165, 1.54) is 11.0 Å². The highest BCUT2D eigenvalue weighted by molar-refractivity contribution is 7.86. The number of amides is 1. The third-order valence-corrected chi connectivity index (χ3v) is 5.68. The minimum Gasteiger partial charge on any atom is -0.445 e. The van der Waals surface area contributed by atoms with Gasteiger partial charge in [0.2, 0.25) is 0 Å². The number of likely N-dealkylation sites (tertiary alicyclic amines) is 1. The van der Waals surface area contributed by atoms with Crippen LogP contribution in [-0.4, -0.2) is 59.7 Å². The molecule has 0 aliphatic carbocycles. The summed E-state index contributed by atoms with van der Waals surface area (Å²) in [5.74, 6) is -0.106. The molecular weight excluding hydrogens is 362 g/mol. The summed E-state index contributed by atoms with van der Waals surface area (Å²) < 4.78 is 40.5. The van der Waals surface area contributed by atoms with Crippen molar-refractivity contribution in [3.8, 4) is 0 Å². The quantitative estimate of drug-likeness (QED) is 0.391. The average molecular weight is 394 g/mol. The van der Waals surface area contributed by atoms with Gasteiger partial charge in [0.15, 0.2) is 14.8 Å². The molecule has 7 nitrogen and oxygen atoms in total. The Hall–Kier alpha value is -0.903. The SMILES string of the molecule is C=CCOC(=O)N1C[C@@H](C(C)(C)C)C(O[SiH](C)C)[C@]1(C)OS(C)(=O)=O. The summed E-state index contributed by atoms with van der Waals surface area (Å²) in [4.78, 5) is 13.9. The summed E-state index contributed by atoms with van der Waals surface area (Å²) >= 11 is 0. The van der Waals surface area contributed by atoms with Crippen LogP contribution in [0.4, 0.5) is 4.79 Å². The fourth-order valence-electron chi connectivity index (χ4n) is 3.11. The van der Waals surface area contributed by atoms with Crippen molar-refractivity contribution in [2.45, 2.75) is 52.6 Å². The first-order valence-electron chi connectivity index (χ1n) is 8.33. The zero-order valence-corrected chi connectivity index (χ0v) is 18.2. The van der Waals surface area contributed by atoms with Crippen molar-refractivity contribution in [3.63, 3.8) is 0 Å². The van der Waals surface area contributed by atoms with Crippen LogP contribution in [0.15, 0.2) is 12.7 Å². The molecule has 9 heteroatoms. The zero-order chi connectivity index (χ0) is 19.6. The molecule has 1 aliphatic heterocycles. The summed E-state index contributed by atoms with van der Waals surface area (Å²) in [7, 11) is -5.36. The highest BCUT2D eigenvalue weighted by atomic mass is 32.2. The molecule has 0 radical (unpaired) electrons. The molecule has 0 bridgehead atoms. The highest BCUT2D eigenvalue weighted by Crippen LogP contribution is 2.45. The van der Waals surface area contributed by atoms with Crippen LogP contribution in [0.1, 0.15) is 27.7 Å². The molecular formula is C16H31NO6SSi. The Morgan fingerprint density at radius 1 is 1.40 bits per heavy atom. The number of carbonyl (C=O) groups excluding carboxylic acids is 1. The van der Waals surface area contributed by atoms with E-state index in [2.05, 4.69) is 6.58 Å². The largest absolute Gasteiger partial charge is 0.445 e. The molecule has 0 aromatic heterocycles. The van der Waals surface area contributed by atoms with Crippen LogP contribution in [0.5, 0.6) is 0 Å². The maximum absolute atomic E-state index is 12.5. The van der Waals surface area contributed by atoms with Crippen molar-refractivity contribution in [1.82, 2.24) is 4.90 Å². The average Bonchev–Trinajstić information content (AvgIpc) is 2.66. The number of ether oxygens (including phenoxy) is 1. The summed E-state index contributed by atoms with van der Waals surface area (Å²) in [5.41, 5.74) is -1.68. The lowest BCUT2D eigenvalue weighted by atomic mass is 9.77. The molecule has 1 saturated heterocycles. The van der Waals surface area contributed by atoms with E-state index in [0.717, 1.165) is 6.26 Å². The second kappa shape index (κ2) is 7.77. The Morgan fingerprint density at radius 3 is 2.36 bits per heavy atom. The molecule has 0 saturated carbocycles. The van der Waals surface area contributed by atoms with E-state index in [-0.39, 0.29) is 24.5 Å². The van der Waals surface area contributed by atoms with Gasteiger partial charge in [0.05, 0.1) is 12.4 Å². The maximum Gasteiger partial charge on any atom is 0.412 e. The summed E-state index contributed by atoms with van der Waals surface area (Å²) in [5, 5.41) is 0. The number of nitrogens with zero attached hydrogens (tertiary/aromatic N) is 1. The van der Waals surface area contributed by atoms with E-state index in [0.29, 0.717) is 0 Å². The number of carbonyl (C=O) groups is 1. The van der Waals surface area contributed by atoms with Crippen LogP contribution in [0.25, 0.3) is 0 Å². The van der Waals surface area contributed by atoms with Gasteiger partial charge in [-0.05, 0) is 25.4 Å². The van der Waals surface area contributed by atoms with Crippen LogP contribution in [-0.2, 0) is 23.5 Å². The fraction of sp³-hybridized carbons (Fsp3) is 0.812. The predicted octanol–water partition coefficient (Wildman–Crippen LogP) is 2.35. The number of hydrogen-bond donors (Lipinski definition) is 0. The van der Waals surface area contributed by atoms with E-state index in [1.807, 2.05) is 33.9 Å². The van der Waals surface area contributed by atoms with Crippen LogP contribution in [0.2, 0.25) is 13.1 Å². The second-order valence-electron chi connectivity index (χ2n) is 7.90. The van der Waals surface area contributed by atoms with Gasteiger partial charge >= 0.3 is 6.09 Å². The zero-order valence-electron chi connectivity index (χ0n) is 16.2. The first kappa shape index (κ1) is 22.1. The summed E-state index contributed by atoms with van der Waals surface area (Å²) in [6.07, 6.45) is 1.22. The molecule has 3 atom stereocenters. The van der Waals surface area contributed by atoms with E-state index < -0.39 is 37.1 Å². The molecule has 146 valence electrons. The van der Waals surface area contributed by atoms with Gasteiger partial charge in [0.1, 0.15) is 6.61 Å². The Morgan fingerprint density at radius 2 is 1.96 bits per heavy atom. The first-order chi connectivity index (χ1) is 11.2. The van der Waals surface area contributed by atoms with Crippen molar-refractivity contribution in [1.29, 1.82) is 0 Å². The maximum atomic E-state index is 12.5. The smallest absolute Gasteiger partial charge is 0.412 e. The van der Waals surface area contributed by atoms with Crippen molar-refractivity contribution < 1.29 is 26.6 Å². The van der Waals surface area contributed by atoms with Gasteiger partial charge in [0.25, 0.3) is 10.1 Å². The minimum atomic E-state index is -3.82. The molecule has 0 aromatic carbocycles. The van der Waals surface area contributed by atoms with Crippen molar-refractivity contribution in [2.75, 3.05) is 19.4 Å². The summed E-state index contributed by atoms with van der Waals surface area (Å²) in [6, 6.07) is 0. The van der Waals surface area contributed by atoms with Crippen LogP contribution >= 0.6 is 0 Å². The molecule has 1 rings (SSSR count). The van der Waals surface area contributed by atoms with Gasteiger partial charge in [0, 0.05) is 12.5 Å². The number of rotatable bonds is 6. The van der Waals surface area contributed by atoms with Gasteiger partial charge in [-0.25, -0.2) is 8.98 Å². The molecule has 1 aliphatic rings. The topological polar surface area (TPSA) is 82.1 Å². The Balaban J connectivity index is 3.38. The fourth-order valence-corrected chi connectivity index (χ4v) is 4.93. The Kier molecular flexibility index (Phi) is 6.88. The van der Waals surface area contributed by atoms with Crippen LogP contribution in [0.3, 0.4) is 0 Å². The third kappa shape index (κ3) is 5.53. The third-order valence-electron chi connectivity index (χ3n) is 4.20. The van der Waals surface area contributed by atoms with Gasteiger partial charge in [-0.2, -0.15) is 8.42 Å². The van der Waals surface area contributed by atoms with Crippen molar-refractivity contribution in [3.05, 3.63) is 12.7 Å². The van der Waals surface area contributed by atoms with E-state index in [4.69, 9.17) is 13.3 Å². The molecule has 25 heavy (non-hydrogen) atoms. The lowest BCUT2D eigenvalue weighted by Gasteiger charge is -2.39. The van der Waals surface area contributed by atoms with E-state index in [1.54, 1.807) is 6.92 Å². The van der Waals surface area contributed by atoms with Gasteiger partial charge < -0.3 is 9.16 Å². The molecule has 0 spiro atoms. The standard InChI is InChI=1S/C16H31NO6SSi/c1-9-10-21-14(18)17-11-12(15(2,3)4)13(22-25(7)8)16(17,5)23-24(6,19)20/h9,12-13,25H,1,10-11H2,2-8H3/t12-,13?,16+/m1/s1. The van der Waals surface area contributed by atoms with Crippen molar-refractivity contribution >= 4 is 25.3 Å². The molecule has 0 N–H and O–H groups in total. The molecule has 1 unspecified atom stereocenters.